The lowest BCUT2D eigenvalue weighted by atomic mass is 10.1. The molecule has 1 aliphatic heterocycles. The summed E-state index contributed by atoms with van der Waals surface area (Å²) >= 11 is 0. The van der Waals surface area contributed by atoms with Crippen molar-refractivity contribution in [1.29, 1.82) is 0 Å². The molecule has 0 aliphatic carbocycles. The van der Waals surface area contributed by atoms with Crippen molar-refractivity contribution in [2.24, 2.45) is 0 Å². The van der Waals surface area contributed by atoms with E-state index < -0.39 is 0 Å². The van der Waals surface area contributed by atoms with Crippen LogP contribution in [0.4, 0.5) is 0 Å². The molecular weight excluding hydrogens is 324 g/mol. The Morgan fingerprint density at radius 1 is 0.800 bits per heavy atom. The largest absolute Gasteiger partial charge is 0.493 e. The van der Waals surface area contributed by atoms with E-state index >= 15 is 0 Å². The summed E-state index contributed by atoms with van der Waals surface area (Å²) in [6.45, 7) is 0.197. The molecule has 3 rings (SSSR count). The first-order valence-electron chi connectivity index (χ1n) is 7.66. The number of rotatable bonds is 6. The summed E-state index contributed by atoms with van der Waals surface area (Å²) in [6, 6.07) is 7.52. The first-order valence-corrected chi connectivity index (χ1v) is 7.66. The molecule has 0 fully saturated rings. The SMILES string of the molecule is COc1cc(/C=C/c2ccc(OC)c(OC)c2OC)cc2c1OCO2. The number of benzene rings is 2. The number of fused-ring (bicyclic) bond motifs is 1. The van der Waals surface area contributed by atoms with E-state index in [-0.39, 0.29) is 6.79 Å². The van der Waals surface area contributed by atoms with Crippen molar-refractivity contribution in [3.8, 4) is 34.5 Å². The molecule has 0 saturated heterocycles. The number of hydrogen-bond acceptors (Lipinski definition) is 6. The van der Waals surface area contributed by atoms with Crippen LogP contribution >= 0.6 is 0 Å². The molecule has 0 N–H and O–H groups in total. The third kappa shape index (κ3) is 3.15. The van der Waals surface area contributed by atoms with Crippen LogP contribution in [0.25, 0.3) is 12.2 Å². The van der Waals surface area contributed by atoms with Gasteiger partial charge in [-0.15, -0.1) is 0 Å². The van der Waals surface area contributed by atoms with Gasteiger partial charge >= 0.3 is 0 Å². The first-order chi connectivity index (χ1) is 12.2. The van der Waals surface area contributed by atoms with Crippen LogP contribution in [0.15, 0.2) is 24.3 Å². The van der Waals surface area contributed by atoms with Crippen LogP contribution in [0.2, 0.25) is 0 Å². The minimum atomic E-state index is 0.197. The van der Waals surface area contributed by atoms with Crippen molar-refractivity contribution in [2.75, 3.05) is 35.2 Å². The van der Waals surface area contributed by atoms with Crippen LogP contribution in [0, 0.1) is 0 Å². The van der Waals surface area contributed by atoms with Gasteiger partial charge in [-0.25, -0.2) is 0 Å². The Kier molecular flexibility index (Phi) is 4.88. The van der Waals surface area contributed by atoms with Crippen LogP contribution < -0.4 is 28.4 Å². The van der Waals surface area contributed by atoms with Crippen molar-refractivity contribution < 1.29 is 28.4 Å². The second-order valence-corrected chi connectivity index (χ2v) is 5.21. The van der Waals surface area contributed by atoms with Crippen LogP contribution in [-0.4, -0.2) is 35.2 Å². The van der Waals surface area contributed by atoms with Crippen LogP contribution in [-0.2, 0) is 0 Å². The van der Waals surface area contributed by atoms with Gasteiger partial charge in [0.25, 0.3) is 0 Å². The second-order valence-electron chi connectivity index (χ2n) is 5.21. The topological polar surface area (TPSA) is 55.4 Å². The van der Waals surface area contributed by atoms with Crippen LogP contribution in [0.5, 0.6) is 34.5 Å². The van der Waals surface area contributed by atoms with E-state index in [0.29, 0.717) is 34.5 Å². The summed E-state index contributed by atoms with van der Waals surface area (Å²) in [5, 5.41) is 0. The second kappa shape index (κ2) is 7.25. The Morgan fingerprint density at radius 3 is 2.24 bits per heavy atom. The lowest BCUT2D eigenvalue weighted by Crippen LogP contribution is -1.96. The highest BCUT2D eigenvalue weighted by Gasteiger charge is 2.19. The molecule has 1 heterocycles. The van der Waals surface area contributed by atoms with Gasteiger partial charge in [0.15, 0.2) is 23.0 Å². The molecule has 0 radical (unpaired) electrons. The van der Waals surface area contributed by atoms with E-state index in [1.54, 1.807) is 28.4 Å². The Bertz CT molecular complexity index is 797. The zero-order chi connectivity index (χ0) is 17.8. The predicted molar refractivity (Wildman–Crippen MR) is 94.1 cm³/mol. The van der Waals surface area contributed by atoms with Gasteiger partial charge in [-0.1, -0.05) is 12.2 Å². The molecule has 0 bridgehead atoms. The molecule has 0 saturated carbocycles. The highest BCUT2D eigenvalue weighted by atomic mass is 16.7. The maximum atomic E-state index is 5.49. The minimum Gasteiger partial charge on any atom is -0.493 e. The fourth-order valence-corrected chi connectivity index (χ4v) is 2.69. The van der Waals surface area contributed by atoms with Gasteiger partial charge in [0.2, 0.25) is 18.3 Å². The van der Waals surface area contributed by atoms with E-state index in [2.05, 4.69) is 0 Å². The fourth-order valence-electron chi connectivity index (χ4n) is 2.69. The summed E-state index contributed by atoms with van der Waals surface area (Å²) in [5.41, 5.74) is 1.77. The molecular formula is C19H20O6. The highest BCUT2D eigenvalue weighted by molar-refractivity contribution is 5.77. The fraction of sp³-hybridized carbons (Fsp3) is 0.263. The Labute approximate surface area is 146 Å². The summed E-state index contributed by atoms with van der Waals surface area (Å²) in [7, 11) is 6.36. The zero-order valence-corrected chi connectivity index (χ0v) is 14.6. The third-order valence-corrected chi connectivity index (χ3v) is 3.87. The molecule has 2 aromatic carbocycles. The van der Waals surface area contributed by atoms with Gasteiger partial charge in [-0.2, -0.15) is 0 Å². The average Bonchev–Trinajstić information content (AvgIpc) is 3.13. The van der Waals surface area contributed by atoms with Crippen molar-refractivity contribution in [3.63, 3.8) is 0 Å². The van der Waals surface area contributed by atoms with Crippen molar-refractivity contribution in [3.05, 3.63) is 35.4 Å². The lowest BCUT2D eigenvalue weighted by Gasteiger charge is -2.14. The van der Waals surface area contributed by atoms with E-state index in [1.165, 1.54) is 0 Å². The van der Waals surface area contributed by atoms with E-state index in [9.17, 15) is 0 Å². The molecule has 25 heavy (non-hydrogen) atoms. The Balaban J connectivity index is 1.97. The molecule has 0 unspecified atom stereocenters. The van der Waals surface area contributed by atoms with Gasteiger partial charge in [0, 0.05) is 5.56 Å². The minimum absolute atomic E-state index is 0.197. The van der Waals surface area contributed by atoms with Crippen LogP contribution in [0.1, 0.15) is 11.1 Å². The molecule has 0 spiro atoms. The molecule has 132 valence electrons. The Hall–Kier alpha value is -3.02. The maximum Gasteiger partial charge on any atom is 0.231 e. The van der Waals surface area contributed by atoms with Gasteiger partial charge in [-0.3, -0.25) is 0 Å². The normalized spacial score (nSPS) is 12.3. The summed E-state index contributed by atoms with van der Waals surface area (Å²) < 4.78 is 32.4. The molecule has 0 atom stereocenters. The standard InChI is InChI=1S/C19H20O6/c1-20-14-8-7-13(17(22-3)19(14)23-4)6-5-12-9-15(21-2)18-16(10-12)24-11-25-18/h5-10H,11H2,1-4H3/b6-5+. The third-order valence-electron chi connectivity index (χ3n) is 3.87. The molecule has 0 aromatic heterocycles. The smallest absolute Gasteiger partial charge is 0.231 e. The van der Waals surface area contributed by atoms with E-state index in [0.717, 1.165) is 11.1 Å². The molecule has 0 amide bonds. The van der Waals surface area contributed by atoms with Crippen molar-refractivity contribution in [1.82, 2.24) is 0 Å². The molecule has 6 nitrogen and oxygen atoms in total. The molecule has 2 aromatic rings. The lowest BCUT2D eigenvalue weighted by molar-refractivity contribution is 0.171. The quantitative estimate of drug-likeness (QED) is 0.746. The zero-order valence-electron chi connectivity index (χ0n) is 14.6. The highest BCUT2D eigenvalue weighted by Crippen LogP contribution is 2.43. The van der Waals surface area contributed by atoms with Gasteiger partial charge in [0.05, 0.1) is 28.4 Å². The first kappa shape index (κ1) is 16.8. The van der Waals surface area contributed by atoms with E-state index in [1.807, 2.05) is 36.4 Å². The maximum absolute atomic E-state index is 5.49. The van der Waals surface area contributed by atoms with Gasteiger partial charge in [-0.05, 0) is 29.8 Å². The monoisotopic (exact) mass is 344 g/mol. The number of hydrogen-bond donors (Lipinski definition) is 0. The van der Waals surface area contributed by atoms with Crippen molar-refractivity contribution in [2.45, 2.75) is 0 Å². The molecule has 1 aliphatic rings. The number of methoxy groups -OCH3 is 4. The average molecular weight is 344 g/mol. The summed E-state index contributed by atoms with van der Waals surface area (Å²) in [4.78, 5) is 0. The summed E-state index contributed by atoms with van der Waals surface area (Å²) in [6.07, 6.45) is 3.87. The Morgan fingerprint density at radius 2 is 1.56 bits per heavy atom. The van der Waals surface area contributed by atoms with E-state index in [4.69, 9.17) is 28.4 Å². The van der Waals surface area contributed by atoms with Gasteiger partial charge < -0.3 is 28.4 Å². The van der Waals surface area contributed by atoms with Gasteiger partial charge in [0.1, 0.15) is 0 Å². The van der Waals surface area contributed by atoms with Crippen LogP contribution in [0.3, 0.4) is 0 Å². The molecule has 6 heteroatoms. The predicted octanol–water partition coefficient (Wildman–Crippen LogP) is 3.62. The number of ether oxygens (including phenoxy) is 6. The summed E-state index contributed by atoms with van der Waals surface area (Å²) in [5.74, 6) is 3.69. The van der Waals surface area contributed by atoms with Crippen molar-refractivity contribution >= 4 is 12.2 Å².